The minimum absolute atomic E-state index is 0.0327. The second-order valence-electron chi connectivity index (χ2n) is 5.12. The van der Waals surface area contributed by atoms with Gasteiger partial charge in [0, 0.05) is 6.54 Å². The Hall–Kier alpha value is -1.55. The SMILES string of the molecule is Cc1ccc(C)c(OCC(=O)N2CCC[C@H]2CO)c1. The van der Waals surface area contributed by atoms with Gasteiger partial charge in [-0.05, 0) is 43.9 Å². The van der Waals surface area contributed by atoms with Gasteiger partial charge in [0.25, 0.3) is 5.91 Å². The number of hydrogen-bond donors (Lipinski definition) is 1. The molecule has 0 saturated carbocycles. The van der Waals surface area contributed by atoms with Gasteiger partial charge in [0.15, 0.2) is 6.61 Å². The van der Waals surface area contributed by atoms with Gasteiger partial charge in [-0.15, -0.1) is 0 Å². The Balaban J connectivity index is 1.95. The molecule has 1 saturated heterocycles. The van der Waals surface area contributed by atoms with E-state index in [1.165, 1.54) is 0 Å². The van der Waals surface area contributed by atoms with Crippen LogP contribution in [0.2, 0.25) is 0 Å². The molecule has 1 aromatic rings. The van der Waals surface area contributed by atoms with Crippen molar-refractivity contribution in [3.8, 4) is 5.75 Å². The molecular weight excluding hydrogens is 242 g/mol. The number of carbonyl (C=O) groups is 1. The highest BCUT2D eigenvalue weighted by Crippen LogP contribution is 2.20. The predicted octanol–water partition coefficient (Wildman–Crippen LogP) is 1.67. The Morgan fingerprint density at radius 2 is 2.26 bits per heavy atom. The number of likely N-dealkylation sites (tertiary alicyclic amines) is 1. The quantitative estimate of drug-likeness (QED) is 0.899. The van der Waals surface area contributed by atoms with Crippen LogP contribution < -0.4 is 4.74 Å². The minimum Gasteiger partial charge on any atom is -0.483 e. The Labute approximate surface area is 114 Å². The van der Waals surface area contributed by atoms with E-state index in [4.69, 9.17) is 4.74 Å². The molecule has 4 nitrogen and oxygen atoms in total. The van der Waals surface area contributed by atoms with E-state index in [9.17, 15) is 9.90 Å². The molecule has 1 amide bonds. The van der Waals surface area contributed by atoms with E-state index in [-0.39, 0.29) is 25.2 Å². The zero-order chi connectivity index (χ0) is 13.8. The number of ether oxygens (including phenoxy) is 1. The highest BCUT2D eigenvalue weighted by atomic mass is 16.5. The van der Waals surface area contributed by atoms with Gasteiger partial charge in [-0.3, -0.25) is 4.79 Å². The number of amides is 1. The summed E-state index contributed by atoms with van der Waals surface area (Å²) in [6, 6.07) is 5.92. The van der Waals surface area contributed by atoms with Gasteiger partial charge in [-0.25, -0.2) is 0 Å². The maximum absolute atomic E-state index is 12.1. The van der Waals surface area contributed by atoms with Crippen molar-refractivity contribution in [3.05, 3.63) is 29.3 Å². The van der Waals surface area contributed by atoms with E-state index in [1.807, 2.05) is 32.0 Å². The van der Waals surface area contributed by atoms with Crippen LogP contribution in [-0.2, 0) is 4.79 Å². The number of carbonyl (C=O) groups excluding carboxylic acids is 1. The fourth-order valence-electron chi connectivity index (χ4n) is 2.44. The van der Waals surface area contributed by atoms with Crippen LogP contribution in [0.25, 0.3) is 0 Å². The summed E-state index contributed by atoms with van der Waals surface area (Å²) in [5, 5.41) is 9.22. The number of nitrogens with zero attached hydrogens (tertiary/aromatic N) is 1. The first kappa shape index (κ1) is 13.9. The molecular formula is C15H21NO3. The molecule has 1 fully saturated rings. The molecule has 0 radical (unpaired) electrons. The van der Waals surface area contributed by atoms with Crippen LogP contribution in [0.5, 0.6) is 5.75 Å². The van der Waals surface area contributed by atoms with Gasteiger partial charge >= 0.3 is 0 Å². The minimum atomic E-state index is -0.0440. The third-order valence-electron chi connectivity index (χ3n) is 3.60. The average Bonchev–Trinajstić information content (AvgIpc) is 2.88. The lowest BCUT2D eigenvalue weighted by Crippen LogP contribution is -2.40. The lowest BCUT2D eigenvalue weighted by atomic mass is 10.1. The normalized spacial score (nSPS) is 18.7. The molecule has 104 valence electrons. The second kappa shape index (κ2) is 6.06. The summed E-state index contributed by atoms with van der Waals surface area (Å²) in [6.45, 7) is 4.76. The third-order valence-corrected chi connectivity index (χ3v) is 3.60. The van der Waals surface area contributed by atoms with Crippen LogP contribution in [-0.4, -0.2) is 41.7 Å². The first-order valence-corrected chi connectivity index (χ1v) is 6.72. The number of benzene rings is 1. The lowest BCUT2D eigenvalue weighted by Gasteiger charge is -2.23. The molecule has 0 aromatic heterocycles. The lowest BCUT2D eigenvalue weighted by molar-refractivity contribution is -0.134. The molecule has 0 unspecified atom stereocenters. The van der Waals surface area contributed by atoms with E-state index in [2.05, 4.69) is 0 Å². The second-order valence-corrected chi connectivity index (χ2v) is 5.12. The highest BCUT2D eigenvalue weighted by Gasteiger charge is 2.28. The van der Waals surface area contributed by atoms with Crippen LogP contribution in [0.4, 0.5) is 0 Å². The summed E-state index contributed by atoms with van der Waals surface area (Å²) in [4.78, 5) is 13.8. The maximum atomic E-state index is 12.1. The van der Waals surface area contributed by atoms with Crippen molar-refractivity contribution < 1.29 is 14.6 Å². The largest absolute Gasteiger partial charge is 0.483 e. The number of aryl methyl sites for hydroxylation is 2. The Morgan fingerprint density at radius 1 is 1.47 bits per heavy atom. The van der Waals surface area contributed by atoms with Gasteiger partial charge in [0.1, 0.15) is 5.75 Å². The van der Waals surface area contributed by atoms with E-state index in [1.54, 1.807) is 4.90 Å². The van der Waals surface area contributed by atoms with Gasteiger partial charge in [-0.2, -0.15) is 0 Å². The Kier molecular flexibility index (Phi) is 4.43. The number of rotatable bonds is 4. The summed E-state index contributed by atoms with van der Waals surface area (Å²) >= 11 is 0. The number of aliphatic hydroxyl groups excluding tert-OH is 1. The van der Waals surface area contributed by atoms with Crippen molar-refractivity contribution >= 4 is 5.91 Å². The van der Waals surface area contributed by atoms with E-state index >= 15 is 0 Å². The highest BCUT2D eigenvalue weighted by molar-refractivity contribution is 5.78. The Bertz CT molecular complexity index is 459. The van der Waals surface area contributed by atoms with Gasteiger partial charge in [0.2, 0.25) is 0 Å². The molecule has 1 heterocycles. The summed E-state index contributed by atoms with van der Waals surface area (Å²) in [7, 11) is 0. The monoisotopic (exact) mass is 263 g/mol. The zero-order valence-electron chi connectivity index (χ0n) is 11.6. The van der Waals surface area contributed by atoms with Crippen LogP contribution in [0, 0.1) is 13.8 Å². The van der Waals surface area contributed by atoms with E-state index in [0.717, 1.165) is 36.3 Å². The first-order valence-electron chi connectivity index (χ1n) is 6.72. The van der Waals surface area contributed by atoms with E-state index < -0.39 is 0 Å². The van der Waals surface area contributed by atoms with Crippen LogP contribution in [0.3, 0.4) is 0 Å². The van der Waals surface area contributed by atoms with E-state index in [0.29, 0.717) is 0 Å². The van der Waals surface area contributed by atoms with Crippen molar-refractivity contribution in [2.75, 3.05) is 19.8 Å². The molecule has 2 rings (SSSR count). The fraction of sp³-hybridized carbons (Fsp3) is 0.533. The smallest absolute Gasteiger partial charge is 0.260 e. The summed E-state index contributed by atoms with van der Waals surface area (Å²) in [6.07, 6.45) is 1.84. The summed E-state index contributed by atoms with van der Waals surface area (Å²) < 4.78 is 5.61. The molecule has 19 heavy (non-hydrogen) atoms. The molecule has 4 heteroatoms. The van der Waals surface area contributed by atoms with Crippen molar-refractivity contribution in [3.63, 3.8) is 0 Å². The predicted molar refractivity (Wildman–Crippen MR) is 73.2 cm³/mol. The van der Waals surface area contributed by atoms with Crippen LogP contribution >= 0.6 is 0 Å². The molecule has 1 aromatic carbocycles. The average molecular weight is 263 g/mol. The molecule has 1 aliphatic rings. The topological polar surface area (TPSA) is 49.8 Å². The zero-order valence-corrected chi connectivity index (χ0v) is 11.6. The summed E-state index contributed by atoms with van der Waals surface area (Å²) in [5.74, 6) is 0.713. The van der Waals surface area contributed by atoms with Crippen molar-refractivity contribution in [1.82, 2.24) is 4.90 Å². The maximum Gasteiger partial charge on any atom is 0.260 e. The molecule has 1 atom stereocenters. The fourth-order valence-corrected chi connectivity index (χ4v) is 2.44. The molecule has 1 aliphatic heterocycles. The van der Waals surface area contributed by atoms with Crippen molar-refractivity contribution in [2.45, 2.75) is 32.7 Å². The third kappa shape index (κ3) is 3.26. The number of aliphatic hydroxyl groups is 1. The van der Waals surface area contributed by atoms with Crippen molar-refractivity contribution in [2.24, 2.45) is 0 Å². The molecule has 0 aliphatic carbocycles. The first-order chi connectivity index (χ1) is 9.11. The van der Waals surface area contributed by atoms with Crippen LogP contribution in [0.15, 0.2) is 18.2 Å². The molecule has 1 N–H and O–H groups in total. The molecule has 0 spiro atoms. The van der Waals surface area contributed by atoms with Gasteiger partial charge < -0.3 is 14.7 Å². The summed E-state index contributed by atoms with van der Waals surface area (Å²) in [5.41, 5.74) is 2.14. The Morgan fingerprint density at radius 3 is 3.00 bits per heavy atom. The van der Waals surface area contributed by atoms with Gasteiger partial charge in [0.05, 0.1) is 12.6 Å². The standard InChI is InChI=1S/C15H21NO3/c1-11-5-6-12(2)14(8-11)19-10-15(18)16-7-3-4-13(16)9-17/h5-6,8,13,17H,3-4,7,9-10H2,1-2H3/t13-/m0/s1. The molecule has 0 bridgehead atoms. The van der Waals surface area contributed by atoms with Crippen LogP contribution in [0.1, 0.15) is 24.0 Å². The van der Waals surface area contributed by atoms with Crippen molar-refractivity contribution in [1.29, 1.82) is 0 Å². The van der Waals surface area contributed by atoms with Gasteiger partial charge in [-0.1, -0.05) is 12.1 Å². The number of hydrogen-bond acceptors (Lipinski definition) is 3.